The number of epoxide rings is 1. The van der Waals surface area contributed by atoms with E-state index in [0.29, 0.717) is 31.6 Å². The van der Waals surface area contributed by atoms with E-state index in [9.17, 15) is 74.2 Å². The van der Waals surface area contributed by atoms with Crippen molar-refractivity contribution in [3.63, 3.8) is 0 Å². The fourth-order valence-corrected chi connectivity index (χ4v) is 16.6. The molecule has 6 saturated heterocycles. The van der Waals surface area contributed by atoms with Crippen LogP contribution in [0.15, 0.2) is 11.6 Å². The Balaban J connectivity index is 0.907. The maximum atomic E-state index is 12.4. The molecule has 27 nitrogen and oxygen atoms in total. The summed E-state index contributed by atoms with van der Waals surface area (Å²) in [6, 6.07) is 0. The van der Waals surface area contributed by atoms with E-state index < -0.39 is 194 Å². The Morgan fingerprint density at radius 1 is 0.595 bits per heavy atom. The van der Waals surface area contributed by atoms with E-state index in [0.717, 1.165) is 19.3 Å². The van der Waals surface area contributed by atoms with Crippen LogP contribution >= 0.6 is 0 Å². The zero-order valence-electron chi connectivity index (χ0n) is 48.9. The standard InChI is InChI=1S/C56H92O27S/c1-20(2)16-31-48(77-31)56(9,68)33-11-10-27-26-18-30(29-17-25(83-84(69,70)71)12-14-54(29,7)28(26)13-15-55(27,33)8)78-51-44(67)45(37(60)24(6)75-51)80-52-46(81-49-42(65)39(62)34(57)21(3)73-49)38(61)32(19-72-52)79-53-47(41(64)36(59)23(5)76-53)82-50-43(66)40(63)35(58)22(4)74-50/h13,20-27,29-53,57-68H,10-12,14-19H2,1-9H3,(H,69,70,71)/t21-,22-,23-,24-,25+,26?,27?,29?,30+,31+,32-,33+,34-,35+,36+,37-,38+,39+,40+,41+,42-,43-,44-,45+,46-,47-,48-,49+,50+,51+,52+,53+,54-,55+,56-/m1/s1. The third-order valence-corrected chi connectivity index (χ3v) is 21.4. The molecule has 3 saturated carbocycles. The summed E-state index contributed by atoms with van der Waals surface area (Å²) in [7, 11) is -4.86. The minimum Gasteiger partial charge on any atom is -0.388 e. The lowest BCUT2D eigenvalue weighted by atomic mass is 9.47. The number of ether oxygens (including phenoxy) is 11. The van der Waals surface area contributed by atoms with Crippen LogP contribution < -0.4 is 0 Å². The van der Waals surface area contributed by atoms with Crippen LogP contribution in [0.1, 0.15) is 114 Å². The molecule has 35 atom stereocenters. The zero-order valence-corrected chi connectivity index (χ0v) is 49.7. The van der Waals surface area contributed by atoms with E-state index in [1.165, 1.54) is 33.3 Å². The number of fused-ring (bicyclic) bond motifs is 5. The molecule has 10 rings (SSSR count). The van der Waals surface area contributed by atoms with Crippen molar-refractivity contribution in [2.24, 2.45) is 40.4 Å². The highest BCUT2D eigenvalue weighted by Crippen LogP contribution is 2.68. The monoisotopic (exact) mass is 1230 g/mol. The Hall–Kier alpha value is -1.31. The van der Waals surface area contributed by atoms with Gasteiger partial charge >= 0.3 is 10.4 Å². The lowest BCUT2D eigenvalue weighted by molar-refractivity contribution is -0.397. The summed E-state index contributed by atoms with van der Waals surface area (Å²) in [5.41, 5.74) is -0.853. The topological polar surface area (TPSA) is 411 Å². The number of allylic oxidation sites excluding steroid dienone is 2. The van der Waals surface area contributed by atoms with Gasteiger partial charge in [0.2, 0.25) is 0 Å². The predicted octanol–water partition coefficient (Wildman–Crippen LogP) is -1.84. The number of hydrogen-bond acceptors (Lipinski definition) is 26. The molecule has 84 heavy (non-hydrogen) atoms. The van der Waals surface area contributed by atoms with E-state index >= 15 is 0 Å². The Morgan fingerprint density at radius 2 is 1.12 bits per heavy atom. The molecule has 28 heteroatoms. The Labute approximate surface area is 489 Å². The molecule has 4 aliphatic carbocycles. The summed E-state index contributed by atoms with van der Waals surface area (Å²) in [6.07, 6.45) is -34.3. The quantitative estimate of drug-likeness (QED) is 0.0459. The molecule has 484 valence electrons. The van der Waals surface area contributed by atoms with Gasteiger partial charge in [0.25, 0.3) is 0 Å². The van der Waals surface area contributed by atoms with E-state index in [4.69, 9.17) is 56.3 Å². The van der Waals surface area contributed by atoms with Crippen molar-refractivity contribution in [3.05, 3.63) is 11.6 Å². The molecule has 0 bridgehead atoms. The van der Waals surface area contributed by atoms with Crippen molar-refractivity contribution in [2.45, 2.75) is 291 Å². The molecule has 6 aliphatic heterocycles. The van der Waals surface area contributed by atoms with Crippen LogP contribution in [0.5, 0.6) is 0 Å². The van der Waals surface area contributed by atoms with Gasteiger partial charge in [0, 0.05) is 0 Å². The molecule has 0 amide bonds. The summed E-state index contributed by atoms with van der Waals surface area (Å²) >= 11 is 0. The van der Waals surface area contributed by atoms with Crippen molar-refractivity contribution in [1.82, 2.24) is 0 Å². The maximum Gasteiger partial charge on any atom is 0.397 e. The van der Waals surface area contributed by atoms with Crippen LogP contribution in [-0.2, 0) is 66.7 Å². The molecular weight excluding hydrogens is 1140 g/mol. The second-order valence-electron chi connectivity index (χ2n) is 26.9. The lowest BCUT2D eigenvalue weighted by Gasteiger charge is -2.60. The smallest absolute Gasteiger partial charge is 0.388 e. The van der Waals surface area contributed by atoms with Gasteiger partial charge in [-0.2, -0.15) is 8.42 Å². The average molecular weight is 1230 g/mol. The van der Waals surface area contributed by atoms with Crippen LogP contribution in [0.25, 0.3) is 0 Å². The van der Waals surface area contributed by atoms with E-state index in [1.807, 2.05) is 6.92 Å². The van der Waals surface area contributed by atoms with Gasteiger partial charge in [0.05, 0.1) is 54.9 Å². The highest BCUT2D eigenvalue weighted by Gasteiger charge is 2.67. The zero-order chi connectivity index (χ0) is 61.2. The van der Waals surface area contributed by atoms with Gasteiger partial charge in [-0.25, -0.2) is 4.18 Å². The maximum absolute atomic E-state index is 12.4. The Bertz CT molecular complexity index is 2410. The first-order valence-electron chi connectivity index (χ1n) is 30.0. The Kier molecular flexibility index (Phi) is 19.3. The van der Waals surface area contributed by atoms with Gasteiger partial charge in [-0.3, -0.25) is 4.55 Å². The molecule has 0 radical (unpaired) electrons. The van der Waals surface area contributed by atoms with Gasteiger partial charge in [-0.15, -0.1) is 0 Å². The van der Waals surface area contributed by atoms with Crippen molar-refractivity contribution in [1.29, 1.82) is 0 Å². The molecule has 0 aromatic rings. The lowest BCUT2D eigenvalue weighted by Crippen LogP contribution is -2.66. The van der Waals surface area contributed by atoms with Crippen molar-refractivity contribution in [2.75, 3.05) is 6.61 Å². The van der Waals surface area contributed by atoms with Crippen LogP contribution in [0, 0.1) is 40.4 Å². The first kappa shape index (κ1) is 65.6. The first-order chi connectivity index (χ1) is 39.2. The van der Waals surface area contributed by atoms with Crippen LogP contribution in [0.4, 0.5) is 0 Å². The molecular formula is C56H92O27S. The largest absolute Gasteiger partial charge is 0.397 e. The molecule has 0 spiro atoms. The normalized spacial score (nSPS) is 54.2. The van der Waals surface area contributed by atoms with Crippen LogP contribution in [0.2, 0.25) is 0 Å². The second kappa shape index (κ2) is 24.7. The predicted molar refractivity (Wildman–Crippen MR) is 283 cm³/mol. The van der Waals surface area contributed by atoms with Gasteiger partial charge in [0.1, 0.15) is 97.7 Å². The van der Waals surface area contributed by atoms with Crippen LogP contribution in [-0.4, -0.2) is 258 Å². The third-order valence-electron chi connectivity index (χ3n) is 20.9. The van der Waals surface area contributed by atoms with E-state index in [-0.39, 0.29) is 41.8 Å². The van der Waals surface area contributed by atoms with Crippen molar-refractivity contribution >= 4 is 10.4 Å². The highest BCUT2D eigenvalue weighted by atomic mass is 32.3. The summed E-state index contributed by atoms with van der Waals surface area (Å²) in [4.78, 5) is 0. The van der Waals surface area contributed by atoms with E-state index in [1.54, 1.807) is 0 Å². The molecule has 13 N–H and O–H groups in total. The van der Waals surface area contributed by atoms with Crippen LogP contribution in [0.3, 0.4) is 0 Å². The number of hydrogen-bond donors (Lipinski definition) is 13. The minimum atomic E-state index is -4.86. The third kappa shape index (κ3) is 12.4. The molecule has 10 aliphatic rings. The molecule has 0 aromatic carbocycles. The van der Waals surface area contributed by atoms with Gasteiger partial charge in [-0.1, -0.05) is 39.3 Å². The highest BCUT2D eigenvalue weighted by molar-refractivity contribution is 7.80. The summed E-state index contributed by atoms with van der Waals surface area (Å²) in [5, 5.41) is 135. The average Bonchev–Trinajstić information content (AvgIpc) is 1.41. The molecule has 3 unspecified atom stereocenters. The molecule has 0 aromatic heterocycles. The number of aliphatic hydroxyl groups is 12. The van der Waals surface area contributed by atoms with E-state index in [2.05, 4.69) is 33.8 Å². The number of rotatable bonds is 16. The fraction of sp³-hybridized carbons (Fsp3) is 0.964. The summed E-state index contributed by atoms with van der Waals surface area (Å²) in [6.45, 7) is 15.6. The SMILES string of the molecule is CC(C)C[C@@H]1O[C@H]1[C@](C)(O)[C@H]1CCC2C3C[C@H](O[C@@H]4O[C@H](C)[C@@H](O)[C@H](O[C@@H]5OC[C@@H](O[C@@H]6O[C@H](C)[C@H](O)[C@H](O)[C@H]6O[C@@H]6O[C@H](C)[C@H](O)[C@H](O)[C@H]6O)[C@H](O)[C@H]5O[C@@H]5O[C@H](C)[C@@H](O)[C@H](O)[C@H]5O)[C@H]4O)C4C[C@@H](OS(=O)(=O)O)CC[C@]4(C)C3=CC[C@@]21C. The van der Waals surface area contributed by atoms with Gasteiger partial charge < -0.3 is 113 Å². The minimum absolute atomic E-state index is 0.0308. The molecule has 9 fully saturated rings. The van der Waals surface area contributed by atoms with Gasteiger partial charge in [-0.05, 0) is 126 Å². The first-order valence-corrected chi connectivity index (χ1v) is 31.4. The van der Waals surface area contributed by atoms with Crippen molar-refractivity contribution in [3.8, 4) is 0 Å². The van der Waals surface area contributed by atoms with Gasteiger partial charge in [0.15, 0.2) is 31.5 Å². The Morgan fingerprint density at radius 3 is 1.70 bits per heavy atom. The molecule has 6 heterocycles. The van der Waals surface area contributed by atoms with Crippen molar-refractivity contribution < 1.29 is 131 Å². The fourth-order valence-electron chi connectivity index (χ4n) is 16.1. The number of aliphatic hydroxyl groups excluding tert-OH is 11. The summed E-state index contributed by atoms with van der Waals surface area (Å²) in [5.74, 6) is -0.174. The second-order valence-corrected chi connectivity index (χ2v) is 28.0. The summed E-state index contributed by atoms with van der Waals surface area (Å²) < 4.78 is 107.